The first-order chi connectivity index (χ1) is 11.3. The monoisotopic (exact) mass is 370 g/mol. The van der Waals surface area contributed by atoms with E-state index in [9.17, 15) is 18.0 Å². The summed E-state index contributed by atoms with van der Waals surface area (Å²) in [5.41, 5.74) is 0.657. The normalized spacial score (nSPS) is 18.4. The SMILES string of the molecule is [C-]#[N+]c1c(C)nsc1N=NC1C(=O)N(CC)S(=O)(=O)N(CC)C1=O. The number of amides is 2. The minimum absolute atomic E-state index is 0.121. The fourth-order valence-electron chi connectivity index (χ4n) is 2.12. The molecule has 2 amide bonds. The van der Waals surface area contributed by atoms with Crippen molar-refractivity contribution in [2.45, 2.75) is 26.8 Å². The Hall–Kier alpha value is -2.39. The van der Waals surface area contributed by atoms with E-state index in [4.69, 9.17) is 6.57 Å². The van der Waals surface area contributed by atoms with Crippen LogP contribution in [0, 0.1) is 13.5 Å². The van der Waals surface area contributed by atoms with Crippen molar-refractivity contribution in [1.29, 1.82) is 0 Å². The molecule has 24 heavy (non-hydrogen) atoms. The van der Waals surface area contributed by atoms with E-state index in [2.05, 4.69) is 19.4 Å². The van der Waals surface area contributed by atoms with Gasteiger partial charge >= 0.3 is 10.2 Å². The van der Waals surface area contributed by atoms with Crippen molar-refractivity contribution in [2.24, 2.45) is 10.2 Å². The molecule has 0 atom stereocenters. The molecule has 0 N–H and O–H groups in total. The maximum atomic E-state index is 12.3. The Labute approximate surface area is 142 Å². The lowest BCUT2D eigenvalue weighted by Crippen LogP contribution is -2.61. The van der Waals surface area contributed by atoms with E-state index in [0.717, 1.165) is 11.5 Å². The van der Waals surface area contributed by atoms with Crippen LogP contribution >= 0.6 is 11.5 Å². The molecule has 0 radical (unpaired) electrons. The Kier molecular flexibility index (Phi) is 4.95. The first-order valence-electron chi connectivity index (χ1n) is 6.92. The Bertz CT molecular complexity index is 823. The molecule has 1 fully saturated rings. The third-order valence-electron chi connectivity index (χ3n) is 3.28. The van der Waals surface area contributed by atoms with Crippen LogP contribution in [0.15, 0.2) is 10.2 Å². The lowest BCUT2D eigenvalue weighted by Gasteiger charge is -2.35. The Balaban J connectivity index is 2.42. The summed E-state index contributed by atoms with van der Waals surface area (Å²) in [6.45, 7) is 11.4. The molecular formula is C12H14N6O4S2. The van der Waals surface area contributed by atoms with Crippen LogP contribution < -0.4 is 0 Å². The number of aryl methyl sites for hydroxylation is 1. The zero-order chi connectivity index (χ0) is 18.1. The molecule has 0 unspecified atom stereocenters. The lowest BCUT2D eigenvalue weighted by atomic mass is 10.2. The van der Waals surface area contributed by atoms with Gasteiger partial charge in [0.2, 0.25) is 11.7 Å². The molecule has 0 spiro atoms. The zero-order valence-electron chi connectivity index (χ0n) is 13.1. The summed E-state index contributed by atoms with van der Waals surface area (Å²) >= 11 is 0.912. The van der Waals surface area contributed by atoms with Crippen LogP contribution in [0.25, 0.3) is 4.85 Å². The second-order valence-electron chi connectivity index (χ2n) is 4.67. The number of nitrogens with zero attached hydrogens (tertiary/aromatic N) is 6. The molecule has 0 aromatic carbocycles. The standard InChI is InChI=1S/C12H14N6O4S2/c1-5-17-11(19)9(12(20)18(6-2)24(17,21)22)14-15-10-8(13-4)7(3)16-23-10/h9H,5-6H2,1-3H3. The van der Waals surface area contributed by atoms with Crippen molar-refractivity contribution in [3.8, 4) is 0 Å². The highest BCUT2D eigenvalue weighted by atomic mass is 32.2. The van der Waals surface area contributed by atoms with E-state index in [0.29, 0.717) is 14.3 Å². The van der Waals surface area contributed by atoms with Crippen molar-refractivity contribution in [3.05, 3.63) is 17.1 Å². The Morgan fingerprint density at radius 2 is 1.79 bits per heavy atom. The Morgan fingerprint density at radius 3 is 2.25 bits per heavy atom. The molecule has 2 rings (SSSR count). The molecule has 0 saturated carbocycles. The van der Waals surface area contributed by atoms with Gasteiger partial charge in [-0.05, 0) is 32.3 Å². The summed E-state index contributed by atoms with van der Waals surface area (Å²) in [4.78, 5) is 27.9. The minimum Gasteiger partial charge on any atom is -0.271 e. The van der Waals surface area contributed by atoms with Gasteiger partial charge in [-0.25, -0.2) is 17.8 Å². The van der Waals surface area contributed by atoms with Crippen molar-refractivity contribution >= 4 is 44.2 Å². The summed E-state index contributed by atoms with van der Waals surface area (Å²) in [5, 5.41) is 7.66. The number of azo groups is 1. The van der Waals surface area contributed by atoms with E-state index in [1.54, 1.807) is 6.92 Å². The van der Waals surface area contributed by atoms with Gasteiger partial charge in [-0.15, -0.1) is 0 Å². The topological polar surface area (TPSA) is 117 Å². The van der Waals surface area contributed by atoms with E-state index >= 15 is 0 Å². The molecule has 128 valence electrons. The van der Waals surface area contributed by atoms with E-state index in [-0.39, 0.29) is 23.8 Å². The highest BCUT2D eigenvalue weighted by Crippen LogP contribution is 2.36. The van der Waals surface area contributed by atoms with Gasteiger partial charge < -0.3 is 0 Å². The molecule has 0 bridgehead atoms. The predicted molar refractivity (Wildman–Crippen MR) is 85.1 cm³/mol. The number of carbonyl (C=O) groups excluding carboxylic acids is 2. The predicted octanol–water partition coefficient (Wildman–Crippen LogP) is 1.41. The summed E-state index contributed by atoms with van der Waals surface area (Å²) < 4.78 is 29.6. The maximum Gasteiger partial charge on any atom is 0.330 e. The van der Waals surface area contributed by atoms with Crippen LogP contribution in [0.2, 0.25) is 0 Å². The number of hydrogen-bond donors (Lipinski definition) is 0. The number of hydrogen-bond acceptors (Lipinski definition) is 8. The van der Waals surface area contributed by atoms with Crippen LogP contribution in [0.5, 0.6) is 0 Å². The molecule has 1 aromatic rings. The van der Waals surface area contributed by atoms with Gasteiger partial charge in [0, 0.05) is 13.1 Å². The second-order valence-corrected chi connectivity index (χ2v) is 7.19. The largest absolute Gasteiger partial charge is 0.330 e. The van der Waals surface area contributed by atoms with Crippen LogP contribution in [0.1, 0.15) is 19.5 Å². The fraction of sp³-hybridized carbons (Fsp3) is 0.500. The molecule has 10 nitrogen and oxygen atoms in total. The third kappa shape index (κ3) is 2.76. The quantitative estimate of drug-likeness (QED) is 0.451. The highest BCUT2D eigenvalue weighted by molar-refractivity contribution is 7.88. The molecular weight excluding hydrogens is 356 g/mol. The molecule has 1 aliphatic rings. The summed E-state index contributed by atoms with van der Waals surface area (Å²) in [5.74, 6) is -1.91. The van der Waals surface area contributed by atoms with Crippen LogP contribution in [0.3, 0.4) is 0 Å². The first-order valence-corrected chi connectivity index (χ1v) is 9.09. The lowest BCUT2D eigenvalue weighted by molar-refractivity contribution is -0.140. The van der Waals surface area contributed by atoms with Crippen molar-refractivity contribution in [3.63, 3.8) is 0 Å². The highest BCUT2D eigenvalue weighted by Gasteiger charge is 2.49. The van der Waals surface area contributed by atoms with Crippen molar-refractivity contribution in [2.75, 3.05) is 13.1 Å². The van der Waals surface area contributed by atoms with Gasteiger partial charge in [0.25, 0.3) is 11.8 Å². The van der Waals surface area contributed by atoms with E-state index < -0.39 is 28.1 Å². The number of rotatable bonds is 4. The first kappa shape index (κ1) is 18.0. The van der Waals surface area contributed by atoms with E-state index in [1.807, 2.05) is 0 Å². The molecule has 12 heteroatoms. The van der Waals surface area contributed by atoms with Crippen molar-refractivity contribution in [1.82, 2.24) is 13.0 Å². The fourth-order valence-corrected chi connectivity index (χ4v) is 4.34. The maximum absolute atomic E-state index is 12.3. The number of likely N-dealkylation sites (N-methyl/N-ethyl adjacent to an activating group) is 2. The van der Waals surface area contributed by atoms with Gasteiger partial charge in [0.1, 0.15) is 0 Å². The summed E-state index contributed by atoms with van der Waals surface area (Å²) in [7, 11) is -4.18. The minimum atomic E-state index is -4.18. The molecule has 2 heterocycles. The van der Waals surface area contributed by atoms with Gasteiger partial charge in [-0.2, -0.15) is 18.6 Å². The molecule has 1 aromatic heterocycles. The summed E-state index contributed by atoms with van der Waals surface area (Å²) in [6.07, 6.45) is 0. The van der Waals surface area contributed by atoms with Gasteiger partial charge in [0.15, 0.2) is 5.00 Å². The van der Waals surface area contributed by atoms with Crippen LogP contribution in [0.4, 0.5) is 10.7 Å². The molecule has 0 aliphatic carbocycles. The number of carbonyl (C=O) groups is 2. The number of aromatic nitrogens is 1. The third-order valence-corrected chi connectivity index (χ3v) is 6.08. The smallest absolute Gasteiger partial charge is 0.271 e. The molecule has 1 aliphatic heterocycles. The van der Waals surface area contributed by atoms with Crippen LogP contribution in [-0.2, 0) is 19.8 Å². The van der Waals surface area contributed by atoms with Gasteiger partial charge in [-0.1, -0.05) is 0 Å². The van der Waals surface area contributed by atoms with E-state index in [1.165, 1.54) is 13.8 Å². The summed E-state index contributed by atoms with van der Waals surface area (Å²) in [6, 6.07) is -1.59. The van der Waals surface area contributed by atoms with Crippen LogP contribution in [-0.4, -0.2) is 52.3 Å². The van der Waals surface area contributed by atoms with Gasteiger partial charge in [-0.3, -0.25) is 9.59 Å². The average molecular weight is 370 g/mol. The van der Waals surface area contributed by atoms with Crippen molar-refractivity contribution < 1.29 is 18.0 Å². The van der Waals surface area contributed by atoms with Gasteiger partial charge in [0.05, 0.1) is 12.3 Å². The second kappa shape index (κ2) is 6.62. The molecule has 1 saturated heterocycles. The average Bonchev–Trinajstić information content (AvgIpc) is 2.87. The zero-order valence-corrected chi connectivity index (χ0v) is 14.8. The Morgan fingerprint density at radius 1 is 1.25 bits per heavy atom.